The third-order valence-electron chi connectivity index (χ3n) is 3.21. The highest BCUT2D eigenvalue weighted by atomic mass is 16.6. The van der Waals surface area contributed by atoms with Gasteiger partial charge in [0.25, 0.3) is 0 Å². The van der Waals surface area contributed by atoms with Gasteiger partial charge in [0.15, 0.2) is 0 Å². The molecule has 25 heavy (non-hydrogen) atoms. The average Bonchev–Trinajstić information content (AvgIpc) is 2.65. The van der Waals surface area contributed by atoms with Crippen LogP contribution in [0.25, 0.3) is 0 Å². The van der Waals surface area contributed by atoms with Crippen molar-refractivity contribution >= 4 is 6.21 Å². The summed E-state index contributed by atoms with van der Waals surface area (Å²) in [6, 6.07) is 13.4. The minimum Gasteiger partial charge on any atom is -0.487 e. The van der Waals surface area contributed by atoms with E-state index in [1.807, 2.05) is 36.4 Å². The number of rotatable bonds is 7. The average molecular weight is 336 g/mol. The standard InChI is InChI=1S/C18H16N4O3/c23-18-20-7-6-16(22-18)10-21-25-13-15-8-17(11-19-9-15)24-12-14-4-2-1-3-5-14/h1-11H,12-13H2,(H,20,22,23)/b21-10+. The number of aromatic amines is 1. The normalized spacial score (nSPS) is 10.7. The summed E-state index contributed by atoms with van der Waals surface area (Å²) in [6.07, 6.45) is 6.14. The molecule has 0 aliphatic heterocycles. The Morgan fingerprint density at radius 2 is 1.96 bits per heavy atom. The molecule has 0 amide bonds. The lowest BCUT2D eigenvalue weighted by atomic mass is 10.2. The first kappa shape index (κ1) is 16.4. The topological polar surface area (TPSA) is 89.5 Å². The van der Waals surface area contributed by atoms with E-state index >= 15 is 0 Å². The van der Waals surface area contributed by atoms with Crippen molar-refractivity contribution in [2.75, 3.05) is 0 Å². The molecule has 2 heterocycles. The first-order chi connectivity index (χ1) is 12.3. The molecule has 2 aromatic heterocycles. The summed E-state index contributed by atoms with van der Waals surface area (Å²) < 4.78 is 5.72. The summed E-state index contributed by atoms with van der Waals surface area (Å²) in [4.78, 5) is 26.4. The predicted molar refractivity (Wildman–Crippen MR) is 92.3 cm³/mol. The summed E-state index contributed by atoms with van der Waals surface area (Å²) >= 11 is 0. The van der Waals surface area contributed by atoms with Crippen LogP contribution in [0.5, 0.6) is 5.75 Å². The molecule has 126 valence electrons. The van der Waals surface area contributed by atoms with Crippen LogP contribution in [0.2, 0.25) is 0 Å². The molecule has 0 aliphatic rings. The molecule has 3 aromatic rings. The van der Waals surface area contributed by atoms with E-state index in [2.05, 4.69) is 20.1 Å². The van der Waals surface area contributed by atoms with Gasteiger partial charge in [-0.3, -0.25) is 4.98 Å². The number of aromatic nitrogens is 3. The number of nitrogens with one attached hydrogen (secondary N) is 1. The van der Waals surface area contributed by atoms with E-state index in [1.165, 1.54) is 12.4 Å². The first-order valence-electron chi connectivity index (χ1n) is 7.61. The maximum atomic E-state index is 11.1. The van der Waals surface area contributed by atoms with Crippen molar-refractivity contribution in [3.8, 4) is 5.75 Å². The van der Waals surface area contributed by atoms with E-state index in [1.54, 1.807) is 18.5 Å². The Labute approximate surface area is 144 Å². The van der Waals surface area contributed by atoms with Crippen molar-refractivity contribution in [1.29, 1.82) is 0 Å². The fraction of sp³-hybridized carbons (Fsp3) is 0.111. The maximum absolute atomic E-state index is 11.1. The molecule has 1 N–H and O–H groups in total. The van der Waals surface area contributed by atoms with Gasteiger partial charge in [-0.05, 0) is 17.7 Å². The van der Waals surface area contributed by atoms with Crippen molar-refractivity contribution in [1.82, 2.24) is 15.0 Å². The summed E-state index contributed by atoms with van der Waals surface area (Å²) in [5.41, 5.74) is 1.99. The van der Waals surface area contributed by atoms with Crippen LogP contribution in [0.1, 0.15) is 16.8 Å². The zero-order valence-electron chi connectivity index (χ0n) is 13.3. The minimum absolute atomic E-state index is 0.237. The number of H-pyrrole nitrogens is 1. The van der Waals surface area contributed by atoms with Gasteiger partial charge in [0, 0.05) is 18.0 Å². The maximum Gasteiger partial charge on any atom is 0.345 e. The second-order valence-electron chi connectivity index (χ2n) is 5.14. The molecule has 0 atom stereocenters. The molecular formula is C18H16N4O3. The Morgan fingerprint density at radius 3 is 2.80 bits per heavy atom. The fourth-order valence-corrected chi connectivity index (χ4v) is 2.03. The molecule has 7 nitrogen and oxygen atoms in total. The van der Waals surface area contributed by atoms with Crippen LogP contribution in [0.15, 0.2) is 71.0 Å². The summed E-state index contributed by atoms with van der Waals surface area (Å²) in [5, 5.41) is 3.81. The largest absolute Gasteiger partial charge is 0.487 e. The van der Waals surface area contributed by atoms with Gasteiger partial charge < -0.3 is 14.6 Å². The zero-order valence-corrected chi connectivity index (χ0v) is 13.3. The molecule has 0 saturated heterocycles. The number of ether oxygens (including phenoxy) is 1. The molecule has 0 radical (unpaired) electrons. The zero-order chi connectivity index (χ0) is 17.3. The monoisotopic (exact) mass is 336 g/mol. The van der Waals surface area contributed by atoms with Crippen LogP contribution in [0.3, 0.4) is 0 Å². The molecule has 0 spiro atoms. The summed E-state index contributed by atoms with van der Waals surface area (Å²) in [6.45, 7) is 0.710. The predicted octanol–water partition coefficient (Wildman–Crippen LogP) is 2.29. The third kappa shape index (κ3) is 5.28. The number of pyridine rings is 1. The molecule has 3 rings (SSSR count). The van der Waals surface area contributed by atoms with Gasteiger partial charge in [0.2, 0.25) is 0 Å². The number of hydrogen-bond acceptors (Lipinski definition) is 6. The van der Waals surface area contributed by atoms with E-state index in [0.29, 0.717) is 18.1 Å². The van der Waals surface area contributed by atoms with Gasteiger partial charge in [-0.15, -0.1) is 0 Å². The second-order valence-corrected chi connectivity index (χ2v) is 5.14. The smallest absolute Gasteiger partial charge is 0.345 e. The van der Waals surface area contributed by atoms with Crippen LogP contribution < -0.4 is 10.4 Å². The molecule has 1 aromatic carbocycles. The highest BCUT2D eigenvalue weighted by Crippen LogP contribution is 2.14. The van der Waals surface area contributed by atoms with Crippen LogP contribution in [0, 0.1) is 0 Å². The summed E-state index contributed by atoms with van der Waals surface area (Å²) in [5.74, 6) is 0.660. The molecule has 0 bridgehead atoms. The number of nitrogens with zero attached hydrogens (tertiary/aromatic N) is 3. The van der Waals surface area contributed by atoms with Crippen molar-refractivity contribution in [3.63, 3.8) is 0 Å². The second kappa shape index (κ2) is 8.39. The quantitative estimate of drug-likeness (QED) is 0.528. The first-order valence-corrected chi connectivity index (χ1v) is 7.61. The third-order valence-corrected chi connectivity index (χ3v) is 3.21. The molecule has 7 heteroatoms. The lowest BCUT2D eigenvalue weighted by molar-refractivity contribution is 0.131. The van der Waals surface area contributed by atoms with Crippen molar-refractivity contribution < 1.29 is 9.57 Å². The SMILES string of the molecule is O=c1nccc(/C=N/OCc2cncc(OCc3ccccc3)c2)[nH]1. The highest BCUT2D eigenvalue weighted by molar-refractivity contribution is 5.75. The van der Waals surface area contributed by atoms with Crippen LogP contribution in [0.4, 0.5) is 0 Å². The van der Waals surface area contributed by atoms with Gasteiger partial charge in [-0.1, -0.05) is 35.5 Å². The highest BCUT2D eigenvalue weighted by Gasteiger charge is 2.00. The van der Waals surface area contributed by atoms with Crippen molar-refractivity contribution in [2.45, 2.75) is 13.2 Å². The Hall–Kier alpha value is -3.48. The molecule has 0 aliphatic carbocycles. The Morgan fingerprint density at radius 1 is 1.08 bits per heavy atom. The lowest BCUT2D eigenvalue weighted by Gasteiger charge is -2.07. The summed E-state index contributed by atoms with van der Waals surface area (Å²) in [7, 11) is 0. The van der Waals surface area contributed by atoms with E-state index < -0.39 is 5.69 Å². The minimum atomic E-state index is -0.434. The van der Waals surface area contributed by atoms with E-state index in [0.717, 1.165) is 11.1 Å². The van der Waals surface area contributed by atoms with Gasteiger partial charge >= 0.3 is 5.69 Å². The Kier molecular flexibility index (Phi) is 5.50. The van der Waals surface area contributed by atoms with Crippen molar-refractivity contribution in [2.24, 2.45) is 5.16 Å². The number of hydrogen-bond donors (Lipinski definition) is 1. The molecular weight excluding hydrogens is 320 g/mol. The fourth-order valence-electron chi connectivity index (χ4n) is 2.03. The van der Waals surface area contributed by atoms with Gasteiger partial charge in [-0.2, -0.15) is 0 Å². The van der Waals surface area contributed by atoms with Crippen LogP contribution in [-0.4, -0.2) is 21.2 Å². The van der Waals surface area contributed by atoms with E-state index in [-0.39, 0.29) is 6.61 Å². The number of oxime groups is 1. The Balaban J connectivity index is 1.52. The van der Waals surface area contributed by atoms with Gasteiger partial charge in [-0.25, -0.2) is 9.78 Å². The van der Waals surface area contributed by atoms with E-state index in [4.69, 9.17) is 9.57 Å². The van der Waals surface area contributed by atoms with Crippen molar-refractivity contribution in [3.05, 3.63) is 88.4 Å². The van der Waals surface area contributed by atoms with Crippen LogP contribution >= 0.6 is 0 Å². The Bertz CT molecular complexity index is 894. The molecule has 0 unspecified atom stereocenters. The molecule has 0 fully saturated rings. The van der Waals surface area contributed by atoms with Gasteiger partial charge in [0.05, 0.1) is 18.1 Å². The lowest BCUT2D eigenvalue weighted by Crippen LogP contribution is -2.10. The molecule has 0 saturated carbocycles. The van der Waals surface area contributed by atoms with Gasteiger partial charge in [0.1, 0.15) is 19.0 Å². The van der Waals surface area contributed by atoms with Crippen LogP contribution in [-0.2, 0) is 18.1 Å². The number of benzene rings is 1. The van der Waals surface area contributed by atoms with E-state index in [9.17, 15) is 4.79 Å².